The summed E-state index contributed by atoms with van der Waals surface area (Å²) in [5.74, 6) is 0.311. The van der Waals surface area contributed by atoms with Crippen molar-refractivity contribution in [3.63, 3.8) is 0 Å². The highest BCUT2D eigenvalue weighted by molar-refractivity contribution is 5.96. The fourth-order valence-electron chi connectivity index (χ4n) is 2.58. The molecule has 0 heterocycles. The highest BCUT2D eigenvalue weighted by Gasteiger charge is 2.16. The van der Waals surface area contributed by atoms with Gasteiger partial charge in [0, 0.05) is 11.4 Å². The Labute approximate surface area is 143 Å². The zero-order valence-electron chi connectivity index (χ0n) is 14.5. The molecular weight excluding hydrogens is 300 g/mol. The van der Waals surface area contributed by atoms with E-state index in [0.29, 0.717) is 5.92 Å². The summed E-state index contributed by atoms with van der Waals surface area (Å²) in [4.78, 5) is 12.5. The molecule has 2 atom stereocenters. The average molecular weight is 326 g/mol. The van der Waals surface area contributed by atoms with E-state index in [4.69, 9.17) is 0 Å². The van der Waals surface area contributed by atoms with Crippen molar-refractivity contribution in [2.45, 2.75) is 45.8 Å². The molecule has 0 fully saturated rings. The molecule has 0 radical (unpaired) electrons. The number of anilines is 2. The van der Waals surface area contributed by atoms with E-state index in [-0.39, 0.29) is 18.6 Å². The Hall–Kier alpha value is -2.33. The van der Waals surface area contributed by atoms with E-state index in [1.165, 1.54) is 0 Å². The minimum atomic E-state index is -0.385. The first-order valence-electron chi connectivity index (χ1n) is 8.41. The van der Waals surface area contributed by atoms with Gasteiger partial charge in [-0.05, 0) is 48.6 Å². The van der Waals surface area contributed by atoms with Crippen LogP contribution in [-0.2, 0) is 11.4 Å². The topological polar surface area (TPSA) is 61.4 Å². The number of hydrogen-bond donors (Lipinski definition) is 3. The number of aliphatic hydroxyl groups is 1. The van der Waals surface area contributed by atoms with Gasteiger partial charge >= 0.3 is 0 Å². The van der Waals surface area contributed by atoms with Crippen LogP contribution < -0.4 is 10.6 Å². The first-order valence-corrected chi connectivity index (χ1v) is 8.41. The molecule has 0 unspecified atom stereocenters. The summed E-state index contributed by atoms with van der Waals surface area (Å²) in [6.45, 7) is 6.11. The Morgan fingerprint density at radius 1 is 1.12 bits per heavy atom. The normalized spacial score (nSPS) is 13.2. The molecule has 0 bridgehead atoms. The number of amides is 1. The van der Waals surface area contributed by atoms with E-state index >= 15 is 0 Å². The molecule has 0 spiro atoms. The third-order valence-electron chi connectivity index (χ3n) is 4.25. The van der Waals surface area contributed by atoms with Crippen LogP contribution in [0.2, 0.25) is 0 Å². The average Bonchev–Trinajstić information content (AvgIpc) is 2.61. The maximum Gasteiger partial charge on any atom is 0.246 e. The third kappa shape index (κ3) is 4.59. The number of rotatable bonds is 7. The van der Waals surface area contributed by atoms with Crippen molar-refractivity contribution in [1.29, 1.82) is 0 Å². The highest BCUT2D eigenvalue weighted by atomic mass is 16.3. The lowest BCUT2D eigenvalue weighted by molar-refractivity contribution is -0.116. The van der Waals surface area contributed by atoms with Crippen molar-refractivity contribution in [3.8, 4) is 0 Å². The summed E-state index contributed by atoms with van der Waals surface area (Å²) in [5.41, 5.74) is 3.66. The molecule has 3 N–H and O–H groups in total. The Morgan fingerprint density at radius 3 is 2.58 bits per heavy atom. The molecule has 24 heavy (non-hydrogen) atoms. The van der Waals surface area contributed by atoms with Crippen molar-refractivity contribution in [1.82, 2.24) is 0 Å². The van der Waals surface area contributed by atoms with Crippen molar-refractivity contribution >= 4 is 17.3 Å². The number of hydrogen-bond acceptors (Lipinski definition) is 3. The molecule has 128 valence electrons. The lowest BCUT2D eigenvalue weighted by Crippen LogP contribution is -2.32. The molecule has 2 aromatic rings. The molecule has 0 aliphatic carbocycles. The van der Waals surface area contributed by atoms with E-state index < -0.39 is 0 Å². The van der Waals surface area contributed by atoms with Crippen LogP contribution in [0.15, 0.2) is 48.5 Å². The van der Waals surface area contributed by atoms with E-state index in [1.807, 2.05) is 49.4 Å². The van der Waals surface area contributed by atoms with E-state index in [0.717, 1.165) is 28.9 Å². The summed E-state index contributed by atoms with van der Waals surface area (Å²) < 4.78 is 0. The van der Waals surface area contributed by atoms with Crippen LogP contribution in [0.5, 0.6) is 0 Å². The Bertz CT molecular complexity index is 685. The standard InChI is InChI=1S/C20H26N2O2/c1-4-14(2)18-10-5-6-11-19(18)22-20(24)15(3)21-17-9-7-8-16(12-17)13-23/h5-12,14-15,21,23H,4,13H2,1-3H3,(H,22,24)/t14-,15+/m0/s1. The number of nitrogens with one attached hydrogen (secondary N) is 2. The first kappa shape index (κ1) is 18.0. The molecule has 0 aromatic heterocycles. The van der Waals surface area contributed by atoms with Crippen molar-refractivity contribution in [2.75, 3.05) is 10.6 Å². The number of para-hydroxylation sites is 1. The molecular formula is C20H26N2O2. The van der Waals surface area contributed by atoms with Crippen molar-refractivity contribution < 1.29 is 9.90 Å². The van der Waals surface area contributed by atoms with Gasteiger partial charge in [0.2, 0.25) is 5.91 Å². The first-order chi connectivity index (χ1) is 11.5. The van der Waals surface area contributed by atoms with Gasteiger partial charge in [0.1, 0.15) is 6.04 Å². The van der Waals surface area contributed by atoms with Crippen molar-refractivity contribution in [2.24, 2.45) is 0 Å². The second-order valence-corrected chi connectivity index (χ2v) is 6.11. The van der Waals surface area contributed by atoms with Crippen LogP contribution >= 0.6 is 0 Å². The summed E-state index contributed by atoms with van der Waals surface area (Å²) >= 11 is 0. The number of carbonyl (C=O) groups is 1. The van der Waals surface area contributed by atoms with Gasteiger partial charge in [-0.2, -0.15) is 0 Å². The third-order valence-corrected chi connectivity index (χ3v) is 4.25. The lowest BCUT2D eigenvalue weighted by Gasteiger charge is -2.19. The van der Waals surface area contributed by atoms with Gasteiger partial charge in [-0.25, -0.2) is 0 Å². The largest absolute Gasteiger partial charge is 0.392 e. The van der Waals surface area contributed by atoms with Crippen LogP contribution in [0.4, 0.5) is 11.4 Å². The molecule has 1 amide bonds. The maximum absolute atomic E-state index is 12.5. The van der Waals surface area contributed by atoms with Crippen LogP contribution in [-0.4, -0.2) is 17.1 Å². The van der Waals surface area contributed by atoms with Gasteiger partial charge in [0.05, 0.1) is 6.61 Å². The van der Waals surface area contributed by atoms with Crippen LogP contribution in [0.25, 0.3) is 0 Å². The number of benzene rings is 2. The van der Waals surface area contributed by atoms with Gasteiger partial charge in [0.25, 0.3) is 0 Å². The summed E-state index contributed by atoms with van der Waals surface area (Å²) in [7, 11) is 0. The van der Waals surface area contributed by atoms with Gasteiger partial charge in [0.15, 0.2) is 0 Å². The van der Waals surface area contributed by atoms with Crippen LogP contribution in [0, 0.1) is 0 Å². The molecule has 0 saturated heterocycles. The van der Waals surface area contributed by atoms with E-state index in [9.17, 15) is 9.90 Å². The fourth-order valence-corrected chi connectivity index (χ4v) is 2.58. The molecule has 0 aliphatic heterocycles. The zero-order chi connectivity index (χ0) is 17.5. The second kappa shape index (κ2) is 8.50. The van der Waals surface area contributed by atoms with Crippen molar-refractivity contribution in [3.05, 3.63) is 59.7 Å². The number of carbonyl (C=O) groups excluding carboxylic acids is 1. The van der Waals surface area contributed by atoms with Gasteiger partial charge in [-0.1, -0.05) is 44.2 Å². The maximum atomic E-state index is 12.5. The van der Waals surface area contributed by atoms with Gasteiger partial charge in [-0.15, -0.1) is 0 Å². The molecule has 2 aromatic carbocycles. The lowest BCUT2D eigenvalue weighted by atomic mass is 9.97. The molecule has 0 aliphatic rings. The van der Waals surface area contributed by atoms with E-state index in [2.05, 4.69) is 30.5 Å². The Kier molecular flexibility index (Phi) is 6.38. The monoisotopic (exact) mass is 326 g/mol. The summed E-state index contributed by atoms with van der Waals surface area (Å²) in [6.07, 6.45) is 1.02. The molecule has 4 heteroatoms. The Morgan fingerprint density at radius 2 is 1.88 bits per heavy atom. The number of aliphatic hydroxyl groups excluding tert-OH is 1. The van der Waals surface area contributed by atoms with Gasteiger partial charge in [-0.3, -0.25) is 4.79 Å². The predicted octanol–water partition coefficient (Wildman–Crippen LogP) is 4.13. The smallest absolute Gasteiger partial charge is 0.246 e. The molecule has 0 saturated carbocycles. The SMILES string of the molecule is CC[C@H](C)c1ccccc1NC(=O)[C@@H](C)Nc1cccc(CO)c1. The highest BCUT2D eigenvalue weighted by Crippen LogP contribution is 2.26. The van der Waals surface area contributed by atoms with E-state index in [1.54, 1.807) is 0 Å². The second-order valence-electron chi connectivity index (χ2n) is 6.11. The van der Waals surface area contributed by atoms with Crippen LogP contribution in [0.3, 0.4) is 0 Å². The summed E-state index contributed by atoms with van der Waals surface area (Å²) in [6, 6.07) is 15.0. The molecule has 4 nitrogen and oxygen atoms in total. The fraction of sp³-hybridized carbons (Fsp3) is 0.350. The quantitative estimate of drug-likeness (QED) is 0.717. The molecule has 2 rings (SSSR count). The minimum Gasteiger partial charge on any atom is -0.392 e. The van der Waals surface area contributed by atoms with Crippen LogP contribution in [0.1, 0.15) is 44.2 Å². The minimum absolute atomic E-state index is 0.0155. The van der Waals surface area contributed by atoms with Gasteiger partial charge < -0.3 is 15.7 Å². The zero-order valence-corrected chi connectivity index (χ0v) is 14.5. The summed E-state index contributed by atoms with van der Waals surface area (Å²) in [5, 5.41) is 15.4. The predicted molar refractivity (Wildman–Crippen MR) is 99.2 cm³/mol. The Balaban J connectivity index is 2.06.